The van der Waals surface area contributed by atoms with Gasteiger partial charge in [0.15, 0.2) is 0 Å². The maximum atomic E-state index is 3.48. The van der Waals surface area contributed by atoms with Crippen LogP contribution in [0.5, 0.6) is 0 Å². The topological polar surface area (TPSA) is 15.3 Å². The zero-order valence-electron chi connectivity index (χ0n) is 10.7. The van der Waals surface area contributed by atoms with Crippen molar-refractivity contribution in [1.82, 2.24) is 10.2 Å². The zero-order chi connectivity index (χ0) is 11.3. The standard InChI is InChI=1S/C13H26N2/c1-11(2)14-8-5-13(4)15-9-6-12(3)7-10-15/h6,11,13-14H,5,7-10H2,1-4H3. The van der Waals surface area contributed by atoms with Crippen LogP contribution in [0.15, 0.2) is 11.6 Å². The average Bonchev–Trinajstić information content (AvgIpc) is 2.18. The molecule has 0 fully saturated rings. The van der Waals surface area contributed by atoms with Gasteiger partial charge in [-0.25, -0.2) is 0 Å². The second-order valence-electron chi connectivity index (χ2n) is 5.04. The Morgan fingerprint density at radius 1 is 1.40 bits per heavy atom. The van der Waals surface area contributed by atoms with Gasteiger partial charge in [-0.3, -0.25) is 4.90 Å². The largest absolute Gasteiger partial charge is 0.314 e. The van der Waals surface area contributed by atoms with Crippen LogP contribution in [0.4, 0.5) is 0 Å². The summed E-state index contributed by atoms with van der Waals surface area (Å²) >= 11 is 0. The Morgan fingerprint density at radius 2 is 2.13 bits per heavy atom. The van der Waals surface area contributed by atoms with Crippen LogP contribution in [0.2, 0.25) is 0 Å². The fourth-order valence-corrected chi connectivity index (χ4v) is 1.95. The predicted molar refractivity (Wildman–Crippen MR) is 67.2 cm³/mol. The minimum absolute atomic E-state index is 0.612. The molecule has 88 valence electrons. The first kappa shape index (κ1) is 12.7. The Morgan fingerprint density at radius 3 is 2.67 bits per heavy atom. The van der Waals surface area contributed by atoms with Crippen molar-refractivity contribution in [3.05, 3.63) is 11.6 Å². The molecule has 0 amide bonds. The summed E-state index contributed by atoms with van der Waals surface area (Å²) in [6, 6.07) is 1.32. The molecule has 1 heterocycles. The number of hydrogen-bond donors (Lipinski definition) is 1. The van der Waals surface area contributed by atoms with E-state index in [0.717, 1.165) is 13.1 Å². The Labute approximate surface area is 94.7 Å². The molecule has 0 aromatic rings. The number of nitrogens with zero attached hydrogens (tertiary/aromatic N) is 1. The zero-order valence-corrected chi connectivity index (χ0v) is 10.7. The Balaban J connectivity index is 2.20. The van der Waals surface area contributed by atoms with Gasteiger partial charge in [-0.1, -0.05) is 25.5 Å². The van der Waals surface area contributed by atoms with Gasteiger partial charge >= 0.3 is 0 Å². The lowest BCUT2D eigenvalue weighted by molar-refractivity contribution is 0.213. The third-order valence-corrected chi connectivity index (χ3v) is 3.21. The predicted octanol–water partition coefficient (Wildman–Crippen LogP) is 2.42. The normalized spacial score (nSPS) is 20.5. The van der Waals surface area contributed by atoms with Crippen LogP contribution in [0.3, 0.4) is 0 Å². The molecule has 0 saturated heterocycles. The SMILES string of the molecule is CC1=CCN(C(C)CCNC(C)C)CC1. The molecule has 1 aliphatic heterocycles. The highest BCUT2D eigenvalue weighted by atomic mass is 15.1. The van der Waals surface area contributed by atoms with Crippen LogP contribution in [-0.4, -0.2) is 36.6 Å². The second kappa shape index (κ2) is 6.29. The molecule has 0 aromatic carbocycles. The highest BCUT2D eigenvalue weighted by Crippen LogP contribution is 2.13. The van der Waals surface area contributed by atoms with E-state index in [1.54, 1.807) is 5.57 Å². The first-order valence-corrected chi connectivity index (χ1v) is 6.22. The minimum Gasteiger partial charge on any atom is -0.314 e. The summed E-state index contributed by atoms with van der Waals surface area (Å²) in [6.45, 7) is 12.5. The molecule has 0 aliphatic carbocycles. The van der Waals surface area contributed by atoms with Gasteiger partial charge < -0.3 is 5.32 Å². The summed E-state index contributed by atoms with van der Waals surface area (Å²) < 4.78 is 0. The molecule has 2 nitrogen and oxygen atoms in total. The van der Waals surface area contributed by atoms with Crippen molar-refractivity contribution in [3.63, 3.8) is 0 Å². The number of nitrogens with one attached hydrogen (secondary N) is 1. The molecule has 1 atom stereocenters. The van der Waals surface area contributed by atoms with E-state index in [4.69, 9.17) is 0 Å². The molecule has 0 saturated carbocycles. The van der Waals surface area contributed by atoms with Crippen LogP contribution in [0, 0.1) is 0 Å². The average molecular weight is 210 g/mol. The third kappa shape index (κ3) is 4.80. The summed E-state index contributed by atoms with van der Waals surface area (Å²) in [4.78, 5) is 2.58. The lowest BCUT2D eigenvalue weighted by Gasteiger charge is -2.31. The minimum atomic E-state index is 0.612. The van der Waals surface area contributed by atoms with E-state index in [2.05, 4.69) is 44.0 Å². The van der Waals surface area contributed by atoms with E-state index < -0.39 is 0 Å². The fraction of sp³-hybridized carbons (Fsp3) is 0.846. The van der Waals surface area contributed by atoms with E-state index in [-0.39, 0.29) is 0 Å². The van der Waals surface area contributed by atoms with E-state index in [1.165, 1.54) is 19.4 Å². The van der Waals surface area contributed by atoms with Gasteiger partial charge in [0.1, 0.15) is 0 Å². The van der Waals surface area contributed by atoms with E-state index >= 15 is 0 Å². The van der Waals surface area contributed by atoms with E-state index in [1.807, 2.05) is 0 Å². The van der Waals surface area contributed by atoms with Crippen molar-refractivity contribution < 1.29 is 0 Å². The van der Waals surface area contributed by atoms with Crippen LogP contribution < -0.4 is 5.32 Å². The first-order valence-electron chi connectivity index (χ1n) is 6.22. The molecule has 1 aliphatic rings. The molecule has 1 rings (SSSR count). The van der Waals surface area contributed by atoms with Crippen molar-refractivity contribution in [2.24, 2.45) is 0 Å². The number of hydrogen-bond acceptors (Lipinski definition) is 2. The Bertz CT molecular complexity index is 209. The molecule has 0 radical (unpaired) electrons. The van der Waals surface area contributed by atoms with Crippen LogP contribution in [-0.2, 0) is 0 Å². The highest BCUT2D eigenvalue weighted by molar-refractivity contribution is 5.04. The molecular weight excluding hydrogens is 184 g/mol. The summed E-state index contributed by atoms with van der Waals surface area (Å²) in [5.41, 5.74) is 1.55. The summed E-state index contributed by atoms with van der Waals surface area (Å²) in [5.74, 6) is 0. The molecule has 0 spiro atoms. The lowest BCUT2D eigenvalue weighted by Crippen LogP contribution is -2.38. The van der Waals surface area contributed by atoms with Crippen molar-refractivity contribution >= 4 is 0 Å². The van der Waals surface area contributed by atoms with Crippen molar-refractivity contribution in [2.75, 3.05) is 19.6 Å². The van der Waals surface area contributed by atoms with Gasteiger partial charge in [0.25, 0.3) is 0 Å². The van der Waals surface area contributed by atoms with Crippen LogP contribution >= 0.6 is 0 Å². The summed E-state index contributed by atoms with van der Waals surface area (Å²) in [6.07, 6.45) is 4.88. The third-order valence-electron chi connectivity index (χ3n) is 3.21. The van der Waals surface area contributed by atoms with Gasteiger partial charge in [0.05, 0.1) is 0 Å². The monoisotopic (exact) mass is 210 g/mol. The molecular formula is C13H26N2. The van der Waals surface area contributed by atoms with Gasteiger partial charge in [0, 0.05) is 25.2 Å². The molecule has 0 aromatic heterocycles. The Hall–Kier alpha value is -0.340. The highest BCUT2D eigenvalue weighted by Gasteiger charge is 2.15. The maximum absolute atomic E-state index is 3.48. The number of rotatable bonds is 5. The lowest BCUT2D eigenvalue weighted by atomic mass is 10.1. The molecule has 15 heavy (non-hydrogen) atoms. The van der Waals surface area contributed by atoms with Crippen molar-refractivity contribution in [3.8, 4) is 0 Å². The van der Waals surface area contributed by atoms with Gasteiger partial charge in [-0.2, -0.15) is 0 Å². The summed E-state index contributed by atoms with van der Waals surface area (Å²) in [5, 5.41) is 3.48. The van der Waals surface area contributed by atoms with Crippen LogP contribution in [0.1, 0.15) is 40.5 Å². The van der Waals surface area contributed by atoms with Crippen molar-refractivity contribution in [1.29, 1.82) is 0 Å². The smallest absolute Gasteiger partial charge is 0.0168 e. The fourth-order valence-electron chi connectivity index (χ4n) is 1.95. The van der Waals surface area contributed by atoms with Crippen molar-refractivity contribution in [2.45, 2.75) is 52.6 Å². The quantitative estimate of drug-likeness (QED) is 0.701. The van der Waals surface area contributed by atoms with E-state index in [9.17, 15) is 0 Å². The van der Waals surface area contributed by atoms with Gasteiger partial charge in [-0.15, -0.1) is 0 Å². The maximum Gasteiger partial charge on any atom is 0.0168 e. The van der Waals surface area contributed by atoms with Gasteiger partial charge in [0.2, 0.25) is 0 Å². The molecule has 1 N–H and O–H groups in total. The molecule has 1 unspecified atom stereocenters. The Kier molecular flexibility index (Phi) is 5.34. The van der Waals surface area contributed by atoms with E-state index in [0.29, 0.717) is 12.1 Å². The van der Waals surface area contributed by atoms with Gasteiger partial charge in [-0.05, 0) is 33.2 Å². The first-order chi connectivity index (χ1) is 7.09. The molecule has 2 heteroatoms. The second-order valence-corrected chi connectivity index (χ2v) is 5.04. The summed E-state index contributed by atoms with van der Waals surface area (Å²) in [7, 11) is 0. The molecule has 0 bridgehead atoms. The van der Waals surface area contributed by atoms with Crippen LogP contribution in [0.25, 0.3) is 0 Å².